The first-order valence-electron chi connectivity index (χ1n) is 5.95. The van der Waals surface area contributed by atoms with E-state index in [4.69, 9.17) is 26.2 Å². The number of ether oxygens (including phenoxy) is 2. The van der Waals surface area contributed by atoms with Crippen LogP contribution in [0.5, 0.6) is 11.5 Å². The Morgan fingerprint density at radius 3 is 2.14 bits per heavy atom. The Morgan fingerprint density at radius 2 is 1.67 bits per heavy atom. The van der Waals surface area contributed by atoms with Crippen LogP contribution in [0, 0.1) is 0 Å². The van der Waals surface area contributed by atoms with Crippen LogP contribution in [0.15, 0.2) is 23.3 Å². The lowest BCUT2D eigenvalue weighted by atomic mass is 10.1. The Bertz CT molecular complexity index is 610. The maximum atomic E-state index is 12.0. The summed E-state index contributed by atoms with van der Waals surface area (Å²) in [7, 11) is 2.87. The maximum Gasteiger partial charge on any atom is 0.331 e. The Balaban J connectivity index is 3.16. The number of halogens is 1. The van der Waals surface area contributed by atoms with Gasteiger partial charge in [0.1, 0.15) is 11.5 Å². The van der Waals surface area contributed by atoms with Gasteiger partial charge in [0.25, 0.3) is 5.91 Å². The molecule has 1 rings (SSSR count). The molecule has 0 fully saturated rings. The molecule has 1 aromatic carbocycles. The van der Waals surface area contributed by atoms with Crippen molar-refractivity contribution >= 4 is 29.2 Å². The van der Waals surface area contributed by atoms with Crippen LogP contribution in [-0.4, -0.2) is 31.2 Å². The average Bonchev–Trinajstić information content (AvgIpc) is 2.46. The lowest BCUT2D eigenvalue weighted by molar-refractivity contribution is -0.133. The largest absolute Gasteiger partial charge is 0.495 e. The predicted octanol–water partition coefficient (Wildman–Crippen LogP) is 2.72. The van der Waals surface area contributed by atoms with Crippen LogP contribution in [0.25, 0.3) is 0 Å². The fourth-order valence-electron chi connectivity index (χ4n) is 1.50. The molecule has 0 atom stereocenters. The normalized spacial score (nSPS) is 11.5. The standard InChI is InChI=1S/C14H16ClNO5/c1-7(8(2)14(18)19)13(17)16-10-6-11(20-3)9(15)5-12(10)21-4/h5-6H,1-4H3,(H,16,17)(H,18,19). The van der Waals surface area contributed by atoms with Gasteiger partial charge in [0.15, 0.2) is 0 Å². The summed E-state index contributed by atoms with van der Waals surface area (Å²) in [4.78, 5) is 22.9. The van der Waals surface area contributed by atoms with Crippen molar-refractivity contribution < 1.29 is 24.2 Å². The highest BCUT2D eigenvalue weighted by Gasteiger charge is 2.16. The molecule has 0 spiro atoms. The van der Waals surface area contributed by atoms with E-state index in [9.17, 15) is 9.59 Å². The monoisotopic (exact) mass is 313 g/mol. The second-order valence-electron chi connectivity index (χ2n) is 4.20. The first-order chi connectivity index (χ1) is 9.81. The number of carbonyl (C=O) groups is 2. The topological polar surface area (TPSA) is 84.9 Å². The molecule has 0 radical (unpaired) electrons. The molecular weight excluding hydrogens is 298 g/mol. The number of carboxylic acids is 1. The summed E-state index contributed by atoms with van der Waals surface area (Å²) in [5.74, 6) is -0.986. The fourth-order valence-corrected chi connectivity index (χ4v) is 1.74. The van der Waals surface area contributed by atoms with Gasteiger partial charge < -0.3 is 19.9 Å². The minimum absolute atomic E-state index is 0.0348. The van der Waals surface area contributed by atoms with Crippen LogP contribution in [0.4, 0.5) is 5.69 Å². The van der Waals surface area contributed by atoms with E-state index in [0.29, 0.717) is 22.2 Å². The lowest BCUT2D eigenvalue weighted by Gasteiger charge is -2.13. The zero-order valence-electron chi connectivity index (χ0n) is 12.1. The van der Waals surface area contributed by atoms with E-state index >= 15 is 0 Å². The van der Waals surface area contributed by atoms with Crippen molar-refractivity contribution in [3.8, 4) is 11.5 Å². The predicted molar refractivity (Wildman–Crippen MR) is 79.2 cm³/mol. The van der Waals surface area contributed by atoms with Gasteiger partial charge in [-0.1, -0.05) is 11.6 Å². The van der Waals surface area contributed by atoms with Gasteiger partial charge in [-0.15, -0.1) is 0 Å². The van der Waals surface area contributed by atoms with Crippen molar-refractivity contribution in [2.45, 2.75) is 13.8 Å². The molecule has 0 aliphatic carbocycles. The van der Waals surface area contributed by atoms with Gasteiger partial charge in [-0.05, 0) is 13.8 Å². The number of amides is 1. The Labute approximate surface area is 127 Å². The van der Waals surface area contributed by atoms with E-state index in [-0.39, 0.29) is 11.1 Å². The second kappa shape index (κ2) is 6.99. The number of methoxy groups -OCH3 is 2. The number of hydrogen-bond donors (Lipinski definition) is 2. The molecule has 0 aliphatic heterocycles. The molecule has 0 unspecified atom stereocenters. The number of rotatable bonds is 5. The molecule has 0 saturated carbocycles. The van der Waals surface area contributed by atoms with Gasteiger partial charge in [0, 0.05) is 23.3 Å². The van der Waals surface area contributed by atoms with E-state index in [2.05, 4.69) is 5.32 Å². The quantitative estimate of drug-likeness (QED) is 0.816. The minimum atomic E-state index is -1.15. The Hall–Kier alpha value is -2.21. The third-order valence-electron chi connectivity index (χ3n) is 2.95. The molecule has 0 aliphatic rings. The fraction of sp³-hybridized carbons (Fsp3) is 0.286. The minimum Gasteiger partial charge on any atom is -0.495 e. The van der Waals surface area contributed by atoms with E-state index in [1.54, 1.807) is 0 Å². The zero-order chi connectivity index (χ0) is 16.2. The van der Waals surface area contributed by atoms with E-state index < -0.39 is 11.9 Å². The molecule has 6 nitrogen and oxygen atoms in total. The van der Waals surface area contributed by atoms with Crippen LogP contribution in [0.1, 0.15) is 13.8 Å². The third kappa shape index (κ3) is 3.88. The maximum absolute atomic E-state index is 12.0. The van der Waals surface area contributed by atoms with Gasteiger partial charge in [0.05, 0.1) is 24.9 Å². The number of carboxylic acid groups (broad SMARTS) is 1. The van der Waals surface area contributed by atoms with Crippen molar-refractivity contribution in [1.29, 1.82) is 0 Å². The van der Waals surface area contributed by atoms with Gasteiger partial charge >= 0.3 is 5.97 Å². The Morgan fingerprint density at radius 1 is 1.10 bits per heavy atom. The first kappa shape index (κ1) is 16.8. The second-order valence-corrected chi connectivity index (χ2v) is 4.60. The summed E-state index contributed by atoms with van der Waals surface area (Å²) in [5.41, 5.74) is 0.396. The smallest absolute Gasteiger partial charge is 0.331 e. The molecule has 0 aromatic heterocycles. The number of benzene rings is 1. The van der Waals surface area contributed by atoms with Gasteiger partial charge in [-0.25, -0.2) is 4.79 Å². The van der Waals surface area contributed by atoms with Crippen LogP contribution in [0.3, 0.4) is 0 Å². The van der Waals surface area contributed by atoms with Gasteiger partial charge in [-0.3, -0.25) is 4.79 Å². The summed E-state index contributed by atoms with van der Waals surface area (Å²) in [5, 5.41) is 11.8. The number of hydrogen-bond acceptors (Lipinski definition) is 4. The number of carbonyl (C=O) groups excluding carboxylic acids is 1. The molecule has 1 aromatic rings. The number of aliphatic carboxylic acids is 1. The lowest BCUT2D eigenvalue weighted by Crippen LogP contribution is -2.16. The summed E-state index contributed by atoms with van der Waals surface area (Å²) in [6.07, 6.45) is 0. The highest BCUT2D eigenvalue weighted by Crippen LogP contribution is 2.36. The van der Waals surface area contributed by atoms with E-state index in [1.807, 2.05) is 0 Å². The van der Waals surface area contributed by atoms with Gasteiger partial charge in [-0.2, -0.15) is 0 Å². The van der Waals surface area contributed by atoms with Crippen molar-refractivity contribution in [1.82, 2.24) is 0 Å². The van der Waals surface area contributed by atoms with E-state index in [0.717, 1.165) is 0 Å². The third-order valence-corrected chi connectivity index (χ3v) is 3.24. The molecule has 21 heavy (non-hydrogen) atoms. The molecule has 114 valence electrons. The van der Waals surface area contributed by atoms with Crippen LogP contribution >= 0.6 is 11.6 Å². The summed E-state index contributed by atoms with van der Waals surface area (Å²) >= 11 is 5.97. The molecule has 0 saturated heterocycles. The van der Waals surface area contributed by atoms with Crippen LogP contribution < -0.4 is 14.8 Å². The number of nitrogens with one attached hydrogen (secondary N) is 1. The molecular formula is C14H16ClNO5. The van der Waals surface area contributed by atoms with E-state index in [1.165, 1.54) is 40.2 Å². The summed E-state index contributed by atoms with van der Waals surface area (Å²) in [6, 6.07) is 3.00. The summed E-state index contributed by atoms with van der Waals surface area (Å²) < 4.78 is 10.2. The molecule has 1 amide bonds. The molecule has 7 heteroatoms. The average molecular weight is 314 g/mol. The van der Waals surface area contributed by atoms with Crippen LogP contribution in [-0.2, 0) is 9.59 Å². The first-order valence-corrected chi connectivity index (χ1v) is 6.33. The SMILES string of the molecule is COc1cc(NC(=O)C(C)=C(C)C(=O)O)c(OC)cc1Cl. The molecule has 0 heterocycles. The highest BCUT2D eigenvalue weighted by molar-refractivity contribution is 6.32. The van der Waals surface area contributed by atoms with Crippen molar-refractivity contribution in [3.05, 3.63) is 28.3 Å². The van der Waals surface area contributed by atoms with Crippen LogP contribution in [0.2, 0.25) is 5.02 Å². The van der Waals surface area contributed by atoms with Crippen molar-refractivity contribution in [2.24, 2.45) is 0 Å². The Kier molecular flexibility index (Phi) is 5.60. The summed E-state index contributed by atoms with van der Waals surface area (Å²) in [6.45, 7) is 2.79. The molecule has 2 N–H and O–H groups in total. The highest BCUT2D eigenvalue weighted by atomic mass is 35.5. The molecule has 0 bridgehead atoms. The van der Waals surface area contributed by atoms with Gasteiger partial charge in [0.2, 0.25) is 0 Å². The number of anilines is 1. The van der Waals surface area contributed by atoms with Crippen molar-refractivity contribution in [3.63, 3.8) is 0 Å². The van der Waals surface area contributed by atoms with Crippen molar-refractivity contribution in [2.75, 3.05) is 19.5 Å². The zero-order valence-corrected chi connectivity index (χ0v) is 12.9.